The van der Waals surface area contributed by atoms with Crippen molar-refractivity contribution in [3.63, 3.8) is 0 Å². The van der Waals surface area contributed by atoms with Crippen LogP contribution in [0, 0.1) is 0 Å². The summed E-state index contributed by atoms with van der Waals surface area (Å²) in [5.41, 5.74) is 2.96. The minimum absolute atomic E-state index is 0.154. The molecule has 0 fully saturated rings. The van der Waals surface area contributed by atoms with Gasteiger partial charge in [-0.1, -0.05) is 55.5 Å². The first-order valence-corrected chi connectivity index (χ1v) is 7.84. The number of aromatic nitrogens is 1. The van der Waals surface area contributed by atoms with Crippen LogP contribution in [0.3, 0.4) is 0 Å². The first-order valence-electron chi connectivity index (χ1n) is 7.84. The van der Waals surface area contributed by atoms with E-state index in [1.807, 2.05) is 54.6 Å². The fraction of sp³-hybridized carbons (Fsp3) is 0.211. The van der Waals surface area contributed by atoms with Gasteiger partial charge in [0.2, 0.25) is 0 Å². The molecule has 0 aliphatic rings. The van der Waals surface area contributed by atoms with E-state index in [1.165, 1.54) is 0 Å². The zero-order valence-electron chi connectivity index (χ0n) is 13.0. The van der Waals surface area contributed by atoms with Gasteiger partial charge in [0, 0.05) is 16.5 Å². The third kappa shape index (κ3) is 2.98. The minimum atomic E-state index is -0.935. The number of para-hydroxylation sites is 1. The Kier molecular flexibility index (Phi) is 4.44. The summed E-state index contributed by atoms with van der Waals surface area (Å²) in [6.07, 6.45) is 0.980. The molecular formula is C19H20N2O2. The third-order valence-electron chi connectivity index (χ3n) is 3.98. The molecule has 1 unspecified atom stereocenters. The molecule has 118 valence electrons. The predicted octanol–water partition coefficient (Wildman–Crippen LogP) is 3.96. The molecule has 3 rings (SSSR count). The van der Waals surface area contributed by atoms with Crippen LogP contribution in [0.25, 0.3) is 10.9 Å². The number of carbonyl (C=O) groups is 1. The SMILES string of the molecule is CCCNC(c1ccccc1)c1c(C(=O)O)[nH]c2ccccc12. The Bertz CT molecular complexity index is 809. The predicted molar refractivity (Wildman–Crippen MR) is 91.8 cm³/mol. The fourth-order valence-electron chi connectivity index (χ4n) is 2.95. The monoisotopic (exact) mass is 308 g/mol. The molecule has 4 nitrogen and oxygen atoms in total. The number of carboxylic acid groups (broad SMARTS) is 1. The van der Waals surface area contributed by atoms with E-state index >= 15 is 0 Å². The van der Waals surface area contributed by atoms with Crippen molar-refractivity contribution in [1.29, 1.82) is 0 Å². The third-order valence-corrected chi connectivity index (χ3v) is 3.98. The summed E-state index contributed by atoms with van der Waals surface area (Å²) in [5.74, 6) is -0.935. The molecule has 2 aromatic carbocycles. The van der Waals surface area contributed by atoms with Gasteiger partial charge in [0.05, 0.1) is 6.04 Å². The Morgan fingerprint density at radius 3 is 2.52 bits per heavy atom. The number of carboxylic acids is 1. The average Bonchev–Trinajstić information content (AvgIpc) is 2.96. The lowest BCUT2D eigenvalue weighted by atomic mass is 9.95. The largest absolute Gasteiger partial charge is 0.477 e. The molecule has 1 aromatic heterocycles. The maximum Gasteiger partial charge on any atom is 0.352 e. The van der Waals surface area contributed by atoms with Crippen LogP contribution in [0.2, 0.25) is 0 Å². The van der Waals surface area contributed by atoms with Crippen LogP contribution in [0.1, 0.15) is 41.0 Å². The maximum absolute atomic E-state index is 11.7. The van der Waals surface area contributed by atoms with E-state index in [0.29, 0.717) is 0 Å². The summed E-state index contributed by atoms with van der Waals surface area (Å²) < 4.78 is 0. The van der Waals surface area contributed by atoms with Gasteiger partial charge in [-0.25, -0.2) is 4.79 Å². The van der Waals surface area contributed by atoms with E-state index in [4.69, 9.17) is 0 Å². The molecule has 0 bridgehead atoms. The van der Waals surface area contributed by atoms with Crippen LogP contribution in [0.4, 0.5) is 0 Å². The highest BCUT2D eigenvalue weighted by Gasteiger charge is 2.25. The van der Waals surface area contributed by atoms with Gasteiger partial charge in [-0.05, 0) is 24.6 Å². The fourth-order valence-corrected chi connectivity index (χ4v) is 2.95. The van der Waals surface area contributed by atoms with Crippen LogP contribution in [-0.2, 0) is 0 Å². The number of rotatable bonds is 6. The molecular weight excluding hydrogens is 288 g/mol. The Morgan fingerprint density at radius 2 is 1.83 bits per heavy atom. The van der Waals surface area contributed by atoms with E-state index in [0.717, 1.165) is 35.0 Å². The molecule has 0 radical (unpaired) electrons. The van der Waals surface area contributed by atoms with Gasteiger partial charge < -0.3 is 15.4 Å². The average molecular weight is 308 g/mol. The summed E-state index contributed by atoms with van der Waals surface area (Å²) in [7, 11) is 0. The highest BCUT2D eigenvalue weighted by molar-refractivity contribution is 5.98. The van der Waals surface area contributed by atoms with Crippen molar-refractivity contribution in [2.45, 2.75) is 19.4 Å². The molecule has 1 atom stereocenters. The summed E-state index contributed by atoms with van der Waals surface area (Å²) >= 11 is 0. The molecule has 0 aliphatic heterocycles. The highest BCUT2D eigenvalue weighted by Crippen LogP contribution is 2.32. The second-order valence-corrected chi connectivity index (χ2v) is 5.56. The Hall–Kier alpha value is -2.59. The number of benzene rings is 2. The first kappa shape index (κ1) is 15.3. The van der Waals surface area contributed by atoms with Gasteiger partial charge >= 0.3 is 5.97 Å². The number of aromatic carboxylic acids is 1. The van der Waals surface area contributed by atoms with Crippen molar-refractivity contribution in [1.82, 2.24) is 10.3 Å². The maximum atomic E-state index is 11.7. The molecule has 0 saturated carbocycles. The lowest BCUT2D eigenvalue weighted by molar-refractivity contribution is 0.0689. The smallest absolute Gasteiger partial charge is 0.352 e. The lowest BCUT2D eigenvalue weighted by Gasteiger charge is -2.20. The van der Waals surface area contributed by atoms with Gasteiger partial charge in [-0.15, -0.1) is 0 Å². The second kappa shape index (κ2) is 6.67. The molecule has 3 N–H and O–H groups in total. The van der Waals surface area contributed by atoms with Crippen molar-refractivity contribution in [3.8, 4) is 0 Å². The number of nitrogens with one attached hydrogen (secondary N) is 2. The van der Waals surface area contributed by atoms with Crippen LogP contribution >= 0.6 is 0 Å². The van der Waals surface area contributed by atoms with E-state index < -0.39 is 5.97 Å². The highest BCUT2D eigenvalue weighted by atomic mass is 16.4. The summed E-state index contributed by atoms with van der Waals surface area (Å²) in [5, 5.41) is 14.1. The number of hydrogen-bond donors (Lipinski definition) is 3. The van der Waals surface area contributed by atoms with E-state index in [1.54, 1.807) is 0 Å². The van der Waals surface area contributed by atoms with E-state index in [9.17, 15) is 9.90 Å². The Labute approximate surface area is 135 Å². The molecule has 0 aliphatic carbocycles. The van der Waals surface area contributed by atoms with Crippen molar-refractivity contribution >= 4 is 16.9 Å². The molecule has 1 heterocycles. The molecule has 0 saturated heterocycles. The summed E-state index contributed by atoms with van der Waals surface area (Å²) in [4.78, 5) is 14.8. The molecule has 4 heteroatoms. The first-order chi connectivity index (χ1) is 11.2. The quantitative estimate of drug-likeness (QED) is 0.646. The molecule has 0 amide bonds. The van der Waals surface area contributed by atoms with Crippen molar-refractivity contribution in [2.24, 2.45) is 0 Å². The minimum Gasteiger partial charge on any atom is -0.477 e. The summed E-state index contributed by atoms with van der Waals surface area (Å²) in [6.45, 7) is 2.92. The van der Waals surface area contributed by atoms with Gasteiger partial charge in [-0.3, -0.25) is 0 Å². The van der Waals surface area contributed by atoms with E-state index in [2.05, 4.69) is 17.2 Å². The van der Waals surface area contributed by atoms with E-state index in [-0.39, 0.29) is 11.7 Å². The number of fused-ring (bicyclic) bond motifs is 1. The zero-order chi connectivity index (χ0) is 16.2. The molecule has 23 heavy (non-hydrogen) atoms. The number of H-pyrrole nitrogens is 1. The van der Waals surface area contributed by atoms with Crippen LogP contribution in [-0.4, -0.2) is 22.6 Å². The van der Waals surface area contributed by atoms with Crippen molar-refractivity contribution < 1.29 is 9.90 Å². The van der Waals surface area contributed by atoms with Crippen LogP contribution in [0.15, 0.2) is 54.6 Å². The van der Waals surface area contributed by atoms with Crippen LogP contribution in [0.5, 0.6) is 0 Å². The van der Waals surface area contributed by atoms with Crippen molar-refractivity contribution in [3.05, 3.63) is 71.4 Å². The lowest BCUT2D eigenvalue weighted by Crippen LogP contribution is -2.24. The molecule has 3 aromatic rings. The van der Waals surface area contributed by atoms with Gasteiger partial charge in [0.25, 0.3) is 0 Å². The molecule has 0 spiro atoms. The van der Waals surface area contributed by atoms with Gasteiger partial charge in [-0.2, -0.15) is 0 Å². The number of aromatic amines is 1. The van der Waals surface area contributed by atoms with Crippen LogP contribution < -0.4 is 5.32 Å². The van der Waals surface area contributed by atoms with Gasteiger partial charge in [0.1, 0.15) is 5.69 Å². The van der Waals surface area contributed by atoms with Crippen molar-refractivity contribution in [2.75, 3.05) is 6.54 Å². The van der Waals surface area contributed by atoms with Gasteiger partial charge in [0.15, 0.2) is 0 Å². The standard InChI is InChI=1S/C19H20N2O2/c1-2-12-20-17(13-8-4-3-5-9-13)16-14-10-6-7-11-15(14)21-18(16)19(22)23/h3-11,17,20-21H,2,12H2,1H3,(H,22,23). The number of hydrogen-bond acceptors (Lipinski definition) is 2. The normalized spacial score (nSPS) is 12.4. The topological polar surface area (TPSA) is 65.1 Å². The summed E-state index contributed by atoms with van der Waals surface area (Å²) in [6, 6.07) is 17.5. The Morgan fingerprint density at radius 1 is 1.13 bits per heavy atom. The zero-order valence-corrected chi connectivity index (χ0v) is 13.0. The second-order valence-electron chi connectivity index (χ2n) is 5.56. The Balaban J connectivity index is 2.20.